The Hall–Kier alpha value is -1.10. The molecule has 2 saturated heterocycles. The van der Waals surface area contributed by atoms with E-state index in [4.69, 9.17) is 0 Å². The zero-order valence-corrected chi connectivity index (χ0v) is 12.4. The Morgan fingerprint density at radius 3 is 2.90 bits per heavy atom. The lowest BCUT2D eigenvalue weighted by atomic mass is 9.85. The number of rotatable bonds is 4. The molecule has 2 aliphatic heterocycles. The monoisotopic (exact) mass is 281 g/mol. The first kappa shape index (κ1) is 15.3. The van der Waals surface area contributed by atoms with Crippen LogP contribution in [0, 0.1) is 11.8 Å². The van der Waals surface area contributed by atoms with E-state index < -0.39 is 0 Å². The molecule has 2 fully saturated rings. The predicted octanol–water partition coefficient (Wildman–Crippen LogP) is 0.797. The molecule has 5 nitrogen and oxygen atoms in total. The first-order valence-corrected chi connectivity index (χ1v) is 7.94. The van der Waals surface area contributed by atoms with Crippen molar-refractivity contribution in [2.24, 2.45) is 11.8 Å². The van der Waals surface area contributed by atoms with Crippen molar-refractivity contribution >= 4 is 11.8 Å². The minimum Gasteiger partial charge on any atom is -0.354 e. The van der Waals surface area contributed by atoms with Gasteiger partial charge in [0.1, 0.15) is 6.04 Å². The predicted molar refractivity (Wildman–Crippen MR) is 78.2 cm³/mol. The summed E-state index contributed by atoms with van der Waals surface area (Å²) in [6.07, 6.45) is 5.67. The summed E-state index contributed by atoms with van der Waals surface area (Å²) in [5.41, 5.74) is 0. The number of hydrogen-bond donors (Lipinski definition) is 3. The van der Waals surface area contributed by atoms with Crippen LogP contribution in [0.15, 0.2) is 0 Å². The van der Waals surface area contributed by atoms with E-state index >= 15 is 0 Å². The summed E-state index contributed by atoms with van der Waals surface area (Å²) in [6, 6.07) is -0.332. The van der Waals surface area contributed by atoms with Crippen LogP contribution in [0.3, 0.4) is 0 Å². The summed E-state index contributed by atoms with van der Waals surface area (Å²) in [5.74, 6) is 0.946. The molecule has 2 aliphatic rings. The van der Waals surface area contributed by atoms with E-state index in [0.717, 1.165) is 38.9 Å². The van der Waals surface area contributed by atoms with Crippen LogP contribution < -0.4 is 16.0 Å². The van der Waals surface area contributed by atoms with Gasteiger partial charge in [-0.2, -0.15) is 0 Å². The molecule has 114 valence electrons. The van der Waals surface area contributed by atoms with Gasteiger partial charge in [-0.1, -0.05) is 6.92 Å². The first-order chi connectivity index (χ1) is 9.66. The molecule has 0 radical (unpaired) electrons. The van der Waals surface area contributed by atoms with Gasteiger partial charge >= 0.3 is 0 Å². The molecular formula is C15H27N3O2. The number of hydrogen-bond acceptors (Lipinski definition) is 3. The van der Waals surface area contributed by atoms with Crippen LogP contribution in [-0.4, -0.2) is 37.5 Å². The Kier molecular flexibility index (Phi) is 5.83. The van der Waals surface area contributed by atoms with Crippen molar-refractivity contribution in [3.63, 3.8) is 0 Å². The summed E-state index contributed by atoms with van der Waals surface area (Å²) in [7, 11) is 0. The van der Waals surface area contributed by atoms with Gasteiger partial charge in [0, 0.05) is 13.0 Å². The maximum atomic E-state index is 12.1. The van der Waals surface area contributed by atoms with Crippen molar-refractivity contribution in [2.75, 3.05) is 19.6 Å². The summed E-state index contributed by atoms with van der Waals surface area (Å²) in [5, 5.41) is 9.15. The quantitative estimate of drug-likeness (QED) is 0.714. The number of piperidine rings is 1. The van der Waals surface area contributed by atoms with Gasteiger partial charge in [0.2, 0.25) is 11.8 Å². The minimum absolute atomic E-state index is 0.0186. The second-order valence-electron chi connectivity index (χ2n) is 6.19. The van der Waals surface area contributed by atoms with Gasteiger partial charge in [0.15, 0.2) is 0 Å². The lowest BCUT2D eigenvalue weighted by Gasteiger charge is -2.28. The highest BCUT2D eigenvalue weighted by molar-refractivity contribution is 5.87. The molecule has 0 aromatic rings. The smallest absolute Gasteiger partial charge is 0.242 e. The third-order valence-electron chi connectivity index (χ3n) is 4.52. The maximum Gasteiger partial charge on any atom is 0.242 e. The third-order valence-corrected chi connectivity index (χ3v) is 4.52. The number of carbonyl (C=O) groups is 2. The largest absolute Gasteiger partial charge is 0.354 e. The lowest BCUT2D eigenvalue weighted by molar-refractivity contribution is -0.129. The minimum atomic E-state index is -0.332. The van der Waals surface area contributed by atoms with Crippen molar-refractivity contribution < 1.29 is 9.59 Å². The molecule has 2 heterocycles. The Morgan fingerprint density at radius 1 is 1.30 bits per heavy atom. The summed E-state index contributed by atoms with van der Waals surface area (Å²) < 4.78 is 0. The van der Waals surface area contributed by atoms with E-state index in [9.17, 15) is 9.59 Å². The van der Waals surface area contributed by atoms with E-state index in [1.807, 2.05) is 0 Å². The van der Waals surface area contributed by atoms with Crippen LogP contribution in [0.25, 0.3) is 0 Å². The Morgan fingerprint density at radius 2 is 2.15 bits per heavy atom. The van der Waals surface area contributed by atoms with E-state index in [0.29, 0.717) is 18.3 Å². The molecule has 0 bridgehead atoms. The van der Waals surface area contributed by atoms with Gasteiger partial charge < -0.3 is 16.0 Å². The molecule has 2 amide bonds. The maximum absolute atomic E-state index is 12.1. The fourth-order valence-electron chi connectivity index (χ4n) is 3.15. The molecule has 3 N–H and O–H groups in total. The molecule has 3 unspecified atom stereocenters. The molecule has 0 aromatic heterocycles. The molecule has 2 rings (SSSR count). The van der Waals surface area contributed by atoms with Crippen LogP contribution in [-0.2, 0) is 9.59 Å². The Labute approximate surface area is 121 Å². The van der Waals surface area contributed by atoms with E-state index in [2.05, 4.69) is 22.9 Å². The summed E-state index contributed by atoms with van der Waals surface area (Å²) in [4.78, 5) is 23.9. The highest BCUT2D eigenvalue weighted by Gasteiger charge is 2.25. The van der Waals surface area contributed by atoms with Crippen molar-refractivity contribution in [3.05, 3.63) is 0 Å². The van der Waals surface area contributed by atoms with Crippen LogP contribution in [0.4, 0.5) is 0 Å². The normalized spacial score (nSPS) is 29.1. The Bertz CT molecular complexity index is 340. The molecular weight excluding hydrogens is 254 g/mol. The fraction of sp³-hybridized carbons (Fsp3) is 0.867. The topological polar surface area (TPSA) is 70.2 Å². The fourth-order valence-corrected chi connectivity index (χ4v) is 3.15. The molecule has 0 aromatic carbocycles. The van der Waals surface area contributed by atoms with E-state index in [1.54, 1.807) is 0 Å². The molecule has 20 heavy (non-hydrogen) atoms. The van der Waals surface area contributed by atoms with Gasteiger partial charge in [-0.25, -0.2) is 0 Å². The van der Waals surface area contributed by atoms with Gasteiger partial charge in [-0.05, 0) is 57.0 Å². The van der Waals surface area contributed by atoms with Crippen molar-refractivity contribution in [1.82, 2.24) is 16.0 Å². The highest BCUT2D eigenvalue weighted by atomic mass is 16.2. The van der Waals surface area contributed by atoms with Crippen molar-refractivity contribution in [3.8, 4) is 0 Å². The summed E-state index contributed by atoms with van der Waals surface area (Å²) >= 11 is 0. The number of amides is 2. The first-order valence-electron chi connectivity index (χ1n) is 7.94. The van der Waals surface area contributed by atoms with Crippen LogP contribution >= 0.6 is 0 Å². The third kappa shape index (κ3) is 4.47. The second kappa shape index (κ2) is 7.62. The van der Waals surface area contributed by atoms with E-state index in [1.165, 1.54) is 12.8 Å². The number of carbonyl (C=O) groups excluding carboxylic acids is 2. The Balaban J connectivity index is 1.77. The van der Waals surface area contributed by atoms with Gasteiger partial charge in [0.25, 0.3) is 0 Å². The van der Waals surface area contributed by atoms with Crippen molar-refractivity contribution in [2.45, 2.75) is 51.5 Å². The van der Waals surface area contributed by atoms with Gasteiger partial charge in [-0.3, -0.25) is 9.59 Å². The van der Waals surface area contributed by atoms with E-state index in [-0.39, 0.29) is 17.9 Å². The number of nitrogens with one attached hydrogen (secondary N) is 3. The molecule has 3 atom stereocenters. The zero-order valence-electron chi connectivity index (χ0n) is 12.4. The lowest BCUT2D eigenvalue weighted by Crippen LogP contribution is -2.46. The van der Waals surface area contributed by atoms with Crippen LogP contribution in [0.5, 0.6) is 0 Å². The molecule has 5 heteroatoms. The molecule has 0 aliphatic carbocycles. The highest BCUT2D eigenvalue weighted by Crippen LogP contribution is 2.22. The van der Waals surface area contributed by atoms with Crippen LogP contribution in [0.2, 0.25) is 0 Å². The van der Waals surface area contributed by atoms with Crippen LogP contribution in [0.1, 0.15) is 45.4 Å². The SMILES string of the molecule is CC(CC(=O)NC1CCCCNC1=O)C1CCCNC1. The zero-order chi connectivity index (χ0) is 14.4. The van der Waals surface area contributed by atoms with Gasteiger partial charge in [-0.15, -0.1) is 0 Å². The van der Waals surface area contributed by atoms with Crippen molar-refractivity contribution in [1.29, 1.82) is 0 Å². The standard InChI is InChI=1S/C15H27N3O2/c1-11(12-5-4-7-16-10-12)9-14(19)18-13-6-2-3-8-17-15(13)20/h11-13,16H,2-10H2,1H3,(H,17,20)(H,18,19). The molecule has 0 spiro atoms. The average molecular weight is 281 g/mol. The average Bonchev–Trinajstić information content (AvgIpc) is 2.65. The van der Waals surface area contributed by atoms with Gasteiger partial charge in [0.05, 0.1) is 0 Å². The summed E-state index contributed by atoms with van der Waals surface area (Å²) in [6.45, 7) is 4.98. The molecule has 0 saturated carbocycles. The second-order valence-corrected chi connectivity index (χ2v) is 6.19.